The molecule has 0 bridgehead atoms. The average molecular weight is 349 g/mol. The fourth-order valence-electron chi connectivity index (χ4n) is 2.40. The first-order valence-electron chi connectivity index (χ1n) is 7.92. The van der Waals surface area contributed by atoms with Crippen molar-refractivity contribution in [3.8, 4) is 5.75 Å². The van der Waals surface area contributed by atoms with E-state index in [9.17, 15) is 13.6 Å². The molecule has 0 saturated carbocycles. The number of anilines is 1. The smallest absolute Gasteiger partial charge is 0.411 e. The first-order valence-corrected chi connectivity index (χ1v) is 7.92. The summed E-state index contributed by atoms with van der Waals surface area (Å²) >= 11 is 0. The van der Waals surface area contributed by atoms with E-state index in [0.717, 1.165) is 12.0 Å². The lowest BCUT2D eigenvalue weighted by atomic mass is 10.1. The molecule has 4 nitrogen and oxygen atoms in total. The van der Waals surface area contributed by atoms with Gasteiger partial charge in [-0.2, -0.15) is 0 Å². The molecular formula is C19H21F2NO3. The molecule has 0 fully saturated rings. The highest BCUT2D eigenvalue weighted by atomic mass is 19.3. The van der Waals surface area contributed by atoms with Crippen LogP contribution in [0.4, 0.5) is 19.3 Å². The molecule has 0 radical (unpaired) electrons. The van der Waals surface area contributed by atoms with Crippen LogP contribution < -0.4 is 10.1 Å². The fourth-order valence-corrected chi connectivity index (χ4v) is 2.40. The Bertz CT molecular complexity index is 747. The molecule has 1 amide bonds. The Balaban J connectivity index is 2.23. The molecule has 0 aromatic heterocycles. The molecule has 0 aliphatic heterocycles. The van der Waals surface area contributed by atoms with Gasteiger partial charge in [-0.05, 0) is 42.7 Å². The van der Waals surface area contributed by atoms with Gasteiger partial charge in [-0.25, -0.2) is 13.6 Å². The van der Waals surface area contributed by atoms with Gasteiger partial charge in [0.1, 0.15) is 12.4 Å². The Morgan fingerprint density at radius 2 is 1.96 bits per heavy atom. The zero-order chi connectivity index (χ0) is 18.4. The highest BCUT2D eigenvalue weighted by Crippen LogP contribution is 2.27. The molecule has 134 valence electrons. The maximum atomic E-state index is 13.0. The Morgan fingerprint density at radius 1 is 1.20 bits per heavy atom. The predicted octanol–water partition coefficient (Wildman–Crippen LogP) is 5.25. The van der Waals surface area contributed by atoms with Gasteiger partial charge in [0.2, 0.25) is 0 Å². The summed E-state index contributed by atoms with van der Waals surface area (Å²) in [6.45, 7) is 4.04. The molecule has 6 heteroatoms. The van der Waals surface area contributed by atoms with Crippen molar-refractivity contribution in [2.45, 2.75) is 33.3 Å². The SMILES string of the molecule is CCc1ccc(OCc2cc(C(F)F)ccc2NC(=O)OC)c(C)c1. The zero-order valence-electron chi connectivity index (χ0n) is 14.4. The fraction of sp³-hybridized carbons (Fsp3) is 0.316. The molecule has 0 aliphatic rings. The van der Waals surface area contributed by atoms with E-state index in [1.165, 1.54) is 30.9 Å². The number of hydrogen-bond acceptors (Lipinski definition) is 3. The number of hydrogen-bond donors (Lipinski definition) is 1. The van der Waals surface area contributed by atoms with Crippen molar-refractivity contribution in [3.63, 3.8) is 0 Å². The van der Waals surface area contributed by atoms with Crippen molar-refractivity contribution < 1.29 is 23.0 Å². The van der Waals surface area contributed by atoms with Crippen molar-refractivity contribution >= 4 is 11.8 Å². The number of carbonyl (C=O) groups excluding carboxylic acids is 1. The van der Waals surface area contributed by atoms with Crippen LogP contribution in [0.1, 0.15) is 35.6 Å². The van der Waals surface area contributed by atoms with E-state index in [1.54, 1.807) is 0 Å². The van der Waals surface area contributed by atoms with Crippen LogP contribution in [0.3, 0.4) is 0 Å². The van der Waals surface area contributed by atoms with Gasteiger partial charge in [-0.3, -0.25) is 5.32 Å². The molecule has 2 aromatic rings. The van der Waals surface area contributed by atoms with Gasteiger partial charge in [0.05, 0.1) is 12.8 Å². The van der Waals surface area contributed by atoms with E-state index in [1.807, 2.05) is 25.1 Å². The van der Waals surface area contributed by atoms with Crippen LogP contribution in [0, 0.1) is 6.92 Å². The largest absolute Gasteiger partial charge is 0.489 e. The lowest BCUT2D eigenvalue weighted by molar-refractivity contribution is 0.151. The Kier molecular flexibility index (Phi) is 6.33. The summed E-state index contributed by atoms with van der Waals surface area (Å²) in [5.41, 5.74) is 2.85. The number of carbonyl (C=O) groups is 1. The average Bonchev–Trinajstić information content (AvgIpc) is 2.61. The summed E-state index contributed by atoms with van der Waals surface area (Å²) in [6, 6.07) is 9.86. The summed E-state index contributed by atoms with van der Waals surface area (Å²) in [6.07, 6.45) is -2.35. The quantitative estimate of drug-likeness (QED) is 0.774. The van der Waals surface area contributed by atoms with Crippen LogP contribution in [0.25, 0.3) is 0 Å². The third-order valence-corrected chi connectivity index (χ3v) is 3.83. The third-order valence-electron chi connectivity index (χ3n) is 3.83. The summed E-state index contributed by atoms with van der Waals surface area (Å²) < 4.78 is 36.3. The monoisotopic (exact) mass is 349 g/mol. The molecule has 0 atom stereocenters. The number of nitrogens with one attached hydrogen (secondary N) is 1. The number of methoxy groups -OCH3 is 1. The number of aryl methyl sites for hydroxylation is 2. The molecule has 0 aliphatic carbocycles. The van der Waals surface area contributed by atoms with Gasteiger partial charge in [0.25, 0.3) is 6.43 Å². The molecule has 0 spiro atoms. The highest BCUT2D eigenvalue weighted by molar-refractivity contribution is 5.85. The van der Waals surface area contributed by atoms with Gasteiger partial charge in [-0.1, -0.05) is 25.1 Å². The summed E-state index contributed by atoms with van der Waals surface area (Å²) in [5, 5.41) is 2.51. The van der Waals surface area contributed by atoms with E-state index in [2.05, 4.69) is 17.0 Å². The van der Waals surface area contributed by atoms with E-state index in [4.69, 9.17) is 4.74 Å². The van der Waals surface area contributed by atoms with E-state index < -0.39 is 12.5 Å². The van der Waals surface area contributed by atoms with Crippen molar-refractivity contribution in [3.05, 3.63) is 58.7 Å². The van der Waals surface area contributed by atoms with Crippen molar-refractivity contribution in [1.29, 1.82) is 0 Å². The van der Waals surface area contributed by atoms with Crippen LogP contribution in [0.2, 0.25) is 0 Å². The second-order valence-corrected chi connectivity index (χ2v) is 5.58. The predicted molar refractivity (Wildman–Crippen MR) is 92.3 cm³/mol. The van der Waals surface area contributed by atoms with Crippen LogP contribution in [0.5, 0.6) is 5.75 Å². The minimum atomic E-state index is -2.60. The number of amides is 1. The highest BCUT2D eigenvalue weighted by Gasteiger charge is 2.13. The van der Waals surface area contributed by atoms with Gasteiger partial charge in [0, 0.05) is 11.1 Å². The molecule has 25 heavy (non-hydrogen) atoms. The lowest BCUT2D eigenvalue weighted by Crippen LogP contribution is -2.13. The molecular weight excluding hydrogens is 328 g/mol. The maximum Gasteiger partial charge on any atom is 0.411 e. The third kappa shape index (κ3) is 4.92. The van der Waals surface area contributed by atoms with E-state index in [0.29, 0.717) is 17.0 Å². The summed E-state index contributed by atoms with van der Waals surface area (Å²) in [7, 11) is 1.23. The van der Waals surface area contributed by atoms with Gasteiger partial charge >= 0.3 is 6.09 Å². The standard InChI is InChI=1S/C19H21F2NO3/c1-4-13-5-8-17(12(2)9-13)25-11-15-10-14(18(20)21)6-7-16(15)22-19(23)24-3/h5-10,18H,4,11H2,1-3H3,(H,22,23). The summed E-state index contributed by atoms with van der Waals surface area (Å²) in [4.78, 5) is 11.4. The van der Waals surface area contributed by atoms with E-state index >= 15 is 0 Å². The Morgan fingerprint density at radius 3 is 2.56 bits per heavy atom. The molecule has 0 heterocycles. The molecule has 2 rings (SSSR count). The number of halogens is 2. The number of rotatable bonds is 6. The van der Waals surface area contributed by atoms with Crippen molar-refractivity contribution in [2.24, 2.45) is 0 Å². The van der Waals surface area contributed by atoms with E-state index in [-0.39, 0.29) is 12.2 Å². The van der Waals surface area contributed by atoms with Crippen LogP contribution in [0.15, 0.2) is 36.4 Å². The molecule has 0 unspecified atom stereocenters. The number of ether oxygens (including phenoxy) is 2. The molecule has 2 aromatic carbocycles. The maximum absolute atomic E-state index is 13.0. The topological polar surface area (TPSA) is 47.6 Å². The second kappa shape index (κ2) is 8.46. The minimum Gasteiger partial charge on any atom is -0.489 e. The molecule has 0 saturated heterocycles. The normalized spacial score (nSPS) is 10.6. The number of benzene rings is 2. The van der Waals surface area contributed by atoms with Gasteiger partial charge in [-0.15, -0.1) is 0 Å². The Labute approximate surface area is 145 Å². The Hall–Kier alpha value is -2.63. The summed E-state index contributed by atoms with van der Waals surface area (Å²) in [5.74, 6) is 0.670. The second-order valence-electron chi connectivity index (χ2n) is 5.58. The van der Waals surface area contributed by atoms with Crippen LogP contribution in [-0.2, 0) is 17.8 Å². The zero-order valence-corrected chi connectivity index (χ0v) is 14.4. The first kappa shape index (κ1) is 18.7. The number of alkyl halides is 2. The van der Waals surface area contributed by atoms with Crippen molar-refractivity contribution in [2.75, 3.05) is 12.4 Å². The first-order chi connectivity index (χ1) is 11.9. The molecule has 1 N–H and O–H groups in total. The van der Waals surface area contributed by atoms with Crippen molar-refractivity contribution in [1.82, 2.24) is 0 Å². The van der Waals surface area contributed by atoms with Gasteiger partial charge in [0.15, 0.2) is 0 Å². The van der Waals surface area contributed by atoms with Crippen LogP contribution in [-0.4, -0.2) is 13.2 Å². The van der Waals surface area contributed by atoms with Gasteiger partial charge < -0.3 is 9.47 Å². The lowest BCUT2D eigenvalue weighted by Gasteiger charge is -2.15. The minimum absolute atomic E-state index is 0.0478. The van der Waals surface area contributed by atoms with Crippen LogP contribution >= 0.6 is 0 Å².